The molecule has 0 atom stereocenters. The van der Waals surface area contributed by atoms with Gasteiger partial charge in [0.25, 0.3) is 11.4 Å². The van der Waals surface area contributed by atoms with E-state index in [2.05, 4.69) is 9.71 Å². The van der Waals surface area contributed by atoms with E-state index in [9.17, 15) is 49.7 Å². The van der Waals surface area contributed by atoms with Gasteiger partial charge in [-0.2, -0.15) is 13.2 Å². The SMILES string of the molecule is COC(=O)c1cc(Oc2c(F)cc(C(F)(F)F)cc2[N+]#N)ccc1[N+](=O)[O-].F[B-](F)(F)F. The lowest BCUT2D eigenvalue weighted by atomic mass is 10.1. The molecule has 32 heavy (non-hydrogen) atoms. The van der Waals surface area contributed by atoms with Crippen molar-refractivity contribution in [2.75, 3.05) is 7.11 Å². The van der Waals surface area contributed by atoms with Gasteiger partial charge >= 0.3 is 25.1 Å². The molecule has 17 heteroatoms. The van der Waals surface area contributed by atoms with E-state index in [0.29, 0.717) is 6.07 Å². The highest BCUT2D eigenvalue weighted by molar-refractivity contribution is 6.50. The Labute approximate surface area is 172 Å². The van der Waals surface area contributed by atoms with E-state index in [1.165, 1.54) is 0 Å². The fourth-order valence-corrected chi connectivity index (χ4v) is 2.05. The highest BCUT2D eigenvalue weighted by Crippen LogP contribution is 2.41. The Morgan fingerprint density at radius 1 is 1.16 bits per heavy atom. The van der Waals surface area contributed by atoms with E-state index >= 15 is 0 Å². The number of rotatable bonds is 4. The molecular formula is C15H8BF8N3O5. The van der Waals surface area contributed by atoms with Gasteiger partial charge in [0.05, 0.1) is 23.7 Å². The highest BCUT2D eigenvalue weighted by atomic mass is 19.5. The first kappa shape index (κ1) is 26.1. The Morgan fingerprint density at radius 3 is 2.16 bits per heavy atom. The number of carbonyl (C=O) groups is 1. The molecule has 0 bridgehead atoms. The molecule has 0 spiro atoms. The van der Waals surface area contributed by atoms with Crippen LogP contribution in [0.5, 0.6) is 11.5 Å². The molecule has 0 fully saturated rings. The van der Waals surface area contributed by atoms with Gasteiger partial charge in [-0.1, -0.05) is 0 Å². The Hall–Kier alpha value is -3.97. The lowest BCUT2D eigenvalue weighted by Gasteiger charge is -2.09. The summed E-state index contributed by atoms with van der Waals surface area (Å²) in [7, 11) is -5.03. The number of alkyl halides is 3. The number of diazo groups is 1. The highest BCUT2D eigenvalue weighted by Gasteiger charge is 2.36. The van der Waals surface area contributed by atoms with Crippen molar-refractivity contribution in [2.24, 2.45) is 0 Å². The summed E-state index contributed by atoms with van der Waals surface area (Å²) in [6.45, 7) is 0. The van der Waals surface area contributed by atoms with E-state index < -0.39 is 58.4 Å². The standard InChI is InChI=1S/C15H8F4N3O5.BF4/c1-26-14(23)9-6-8(2-3-12(9)22(24)25)27-13-10(16)4-7(15(17,18)19)5-11(13)21-20;2-1(3,4)5/h2-6H,1H3;/q+1;-1. The van der Waals surface area contributed by atoms with Crippen molar-refractivity contribution in [1.29, 1.82) is 5.39 Å². The van der Waals surface area contributed by atoms with Crippen molar-refractivity contribution >= 4 is 24.6 Å². The van der Waals surface area contributed by atoms with Gasteiger partial charge in [0.1, 0.15) is 11.3 Å². The third-order valence-corrected chi connectivity index (χ3v) is 3.25. The summed E-state index contributed by atoms with van der Waals surface area (Å²) in [5.41, 5.74) is -3.46. The molecule has 172 valence electrons. The number of hydrogen-bond acceptors (Lipinski definition) is 6. The predicted octanol–water partition coefficient (Wildman–Crippen LogP) is 6.12. The zero-order valence-electron chi connectivity index (χ0n) is 15.4. The lowest BCUT2D eigenvalue weighted by molar-refractivity contribution is -0.385. The van der Waals surface area contributed by atoms with Gasteiger partial charge in [-0.25, -0.2) is 9.18 Å². The van der Waals surface area contributed by atoms with E-state index in [1.807, 2.05) is 0 Å². The molecular weight excluding hydrogens is 465 g/mol. The molecule has 0 aromatic heterocycles. The maximum atomic E-state index is 14.1. The number of ether oxygens (including phenoxy) is 2. The van der Waals surface area contributed by atoms with E-state index in [0.717, 1.165) is 25.3 Å². The zero-order chi connectivity index (χ0) is 24.9. The van der Waals surface area contributed by atoms with E-state index in [1.54, 1.807) is 0 Å². The van der Waals surface area contributed by atoms with E-state index in [4.69, 9.17) is 10.1 Å². The van der Waals surface area contributed by atoms with Crippen LogP contribution in [-0.4, -0.2) is 25.3 Å². The summed E-state index contributed by atoms with van der Waals surface area (Å²) in [5, 5.41) is 19.8. The molecule has 0 N–H and O–H groups in total. The van der Waals surface area contributed by atoms with Crippen molar-refractivity contribution < 1.29 is 54.0 Å². The zero-order valence-corrected chi connectivity index (χ0v) is 15.4. The Kier molecular flexibility index (Phi) is 8.06. The van der Waals surface area contributed by atoms with Crippen LogP contribution in [0, 0.1) is 21.3 Å². The van der Waals surface area contributed by atoms with Gasteiger partial charge in [-0.15, -0.1) is 0 Å². The minimum Gasteiger partial charge on any atom is -0.465 e. The van der Waals surface area contributed by atoms with Crippen molar-refractivity contribution in [3.05, 3.63) is 62.4 Å². The topological polar surface area (TPSA) is 107 Å². The summed E-state index contributed by atoms with van der Waals surface area (Å²) >= 11 is 0. The molecule has 2 aromatic rings. The maximum Gasteiger partial charge on any atom is 0.673 e. The lowest BCUT2D eigenvalue weighted by Crippen LogP contribution is -2.07. The number of benzene rings is 2. The van der Waals surface area contributed by atoms with Gasteiger partial charge in [0, 0.05) is 12.1 Å². The van der Waals surface area contributed by atoms with Crippen molar-refractivity contribution in [1.82, 2.24) is 0 Å². The van der Waals surface area contributed by atoms with Gasteiger partial charge in [-0.3, -0.25) is 10.1 Å². The Morgan fingerprint density at radius 2 is 1.72 bits per heavy atom. The largest absolute Gasteiger partial charge is 0.673 e. The monoisotopic (exact) mass is 473 g/mol. The van der Waals surface area contributed by atoms with Crippen LogP contribution in [0.15, 0.2) is 30.3 Å². The minimum absolute atomic E-state index is 0.122. The molecule has 8 nitrogen and oxygen atoms in total. The summed E-state index contributed by atoms with van der Waals surface area (Å²) in [5.74, 6) is -3.82. The normalized spacial score (nSPS) is 11.0. The summed E-state index contributed by atoms with van der Waals surface area (Å²) in [6.07, 6.45) is -4.90. The third-order valence-electron chi connectivity index (χ3n) is 3.25. The Bertz CT molecular complexity index is 1060. The number of nitro benzene ring substituents is 1. The first-order valence-electron chi connectivity index (χ1n) is 7.76. The second kappa shape index (κ2) is 9.89. The van der Waals surface area contributed by atoms with E-state index in [-0.39, 0.29) is 11.8 Å². The molecule has 2 aromatic carbocycles. The van der Waals surface area contributed by atoms with Gasteiger partial charge in [0.15, 0.2) is 10.8 Å². The fraction of sp³-hybridized carbons (Fsp3) is 0.133. The van der Waals surface area contributed by atoms with Crippen LogP contribution in [0.1, 0.15) is 15.9 Å². The molecule has 0 radical (unpaired) electrons. The first-order chi connectivity index (χ1) is 14.6. The minimum atomic E-state index is -6.00. The second-order valence-electron chi connectivity index (χ2n) is 5.43. The van der Waals surface area contributed by atoms with Crippen LogP contribution in [0.2, 0.25) is 0 Å². The molecule has 2 rings (SSSR count). The average molecular weight is 473 g/mol. The van der Waals surface area contributed by atoms with Crippen LogP contribution >= 0.6 is 0 Å². The average Bonchev–Trinajstić information content (AvgIpc) is 2.66. The molecule has 0 heterocycles. The fourth-order valence-electron chi connectivity index (χ4n) is 2.05. The van der Waals surface area contributed by atoms with Crippen LogP contribution in [0.3, 0.4) is 0 Å². The summed E-state index contributed by atoms with van der Waals surface area (Å²) in [4.78, 5) is 24.3. The maximum absolute atomic E-state index is 14.1. The summed E-state index contributed by atoms with van der Waals surface area (Å²) in [6, 6.07) is 3.13. The van der Waals surface area contributed by atoms with Crippen LogP contribution in [-0.2, 0) is 10.9 Å². The molecule has 0 saturated heterocycles. The van der Waals surface area contributed by atoms with Crippen molar-refractivity contribution in [3.8, 4) is 11.5 Å². The number of nitro groups is 1. The first-order valence-corrected chi connectivity index (χ1v) is 7.76. The molecule has 0 aliphatic heterocycles. The summed E-state index contributed by atoms with van der Waals surface area (Å²) < 4.78 is 101. The number of esters is 1. The Balaban J connectivity index is 0.000000920. The third kappa shape index (κ3) is 7.38. The van der Waals surface area contributed by atoms with Gasteiger partial charge in [0.2, 0.25) is 5.39 Å². The van der Waals surface area contributed by atoms with Gasteiger partial charge in [-0.05, 0) is 12.1 Å². The number of methoxy groups -OCH3 is 1. The van der Waals surface area contributed by atoms with Crippen LogP contribution in [0.25, 0.3) is 4.98 Å². The van der Waals surface area contributed by atoms with Crippen LogP contribution in [0.4, 0.5) is 46.2 Å². The second-order valence-corrected chi connectivity index (χ2v) is 5.43. The quantitative estimate of drug-likeness (QED) is 0.132. The molecule has 0 aliphatic carbocycles. The smallest absolute Gasteiger partial charge is 0.465 e. The number of carbonyl (C=O) groups excluding carboxylic acids is 1. The molecule has 0 amide bonds. The van der Waals surface area contributed by atoms with Gasteiger partial charge < -0.3 is 26.7 Å². The molecule has 0 unspecified atom stereocenters. The number of hydrogen-bond donors (Lipinski definition) is 0. The number of nitrogens with zero attached hydrogens (tertiary/aromatic N) is 3. The van der Waals surface area contributed by atoms with Crippen molar-refractivity contribution in [2.45, 2.75) is 6.18 Å². The number of halogens is 8. The van der Waals surface area contributed by atoms with Crippen molar-refractivity contribution in [3.63, 3.8) is 0 Å². The van der Waals surface area contributed by atoms with Crippen LogP contribution < -0.4 is 4.74 Å². The molecule has 0 saturated carbocycles. The predicted molar refractivity (Wildman–Crippen MR) is 90.8 cm³/mol. The molecule has 0 aliphatic rings.